The van der Waals surface area contributed by atoms with Crippen molar-refractivity contribution in [1.29, 1.82) is 0 Å². The van der Waals surface area contributed by atoms with E-state index in [1.54, 1.807) is 0 Å². The maximum atomic E-state index is 10.4. The summed E-state index contributed by atoms with van der Waals surface area (Å²) in [6.07, 6.45) is 9.46. The van der Waals surface area contributed by atoms with Gasteiger partial charge in [0.2, 0.25) is 0 Å². The molecule has 1 N–H and O–H groups in total. The van der Waals surface area contributed by atoms with Crippen LogP contribution in [0.5, 0.6) is 0 Å². The molecule has 1 unspecified atom stereocenters. The lowest BCUT2D eigenvalue weighted by Gasteiger charge is -2.55. The van der Waals surface area contributed by atoms with Crippen molar-refractivity contribution in [2.75, 3.05) is 0 Å². The summed E-state index contributed by atoms with van der Waals surface area (Å²) in [5.41, 5.74) is -0.842. The minimum Gasteiger partial charge on any atom is -0.377 e. The minimum atomic E-state index is -0.832. The van der Waals surface area contributed by atoms with Crippen LogP contribution in [0.3, 0.4) is 0 Å². The van der Waals surface area contributed by atoms with Crippen molar-refractivity contribution in [2.45, 2.75) is 59.0 Å². The van der Waals surface area contributed by atoms with Gasteiger partial charge >= 0.3 is 0 Å². The van der Waals surface area contributed by atoms with Gasteiger partial charge in [-0.3, -0.25) is 0 Å². The molecule has 0 radical (unpaired) electrons. The Kier molecular flexibility index (Phi) is 3.51. The predicted molar refractivity (Wildman–Crippen MR) is 64.4 cm³/mol. The van der Waals surface area contributed by atoms with Crippen LogP contribution in [0.15, 0.2) is 0 Å². The molecule has 1 fully saturated rings. The zero-order valence-electron chi connectivity index (χ0n) is 10.5. The van der Waals surface area contributed by atoms with E-state index in [0.717, 1.165) is 25.7 Å². The molecule has 15 heavy (non-hydrogen) atoms. The molecule has 1 atom stereocenters. The van der Waals surface area contributed by atoms with E-state index in [4.69, 9.17) is 6.42 Å². The second-order valence-corrected chi connectivity index (χ2v) is 5.98. The summed E-state index contributed by atoms with van der Waals surface area (Å²) in [6.45, 7) is 8.82. The fraction of sp³-hybridized carbons (Fsp3) is 0.857. The highest BCUT2D eigenvalue weighted by Gasteiger charge is 2.57. The molecular formula is C14H24O. The third-order valence-corrected chi connectivity index (χ3v) is 3.68. The quantitative estimate of drug-likeness (QED) is 0.703. The molecule has 1 aliphatic carbocycles. The van der Waals surface area contributed by atoms with E-state index in [-0.39, 0.29) is 5.41 Å². The molecule has 1 nitrogen and oxygen atoms in total. The van der Waals surface area contributed by atoms with Crippen molar-refractivity contribution in [3.8, 4) is 12.3 Å². The lowest BCUT2D eigenvalue weighted by molar-refractivity contribution is -0.143. The van der Waals surface area contributed by atoms with Gasteiger partial charge in [-0.2, -0.15) is 0 Å². The molecule has 0 aliphatic heterocycles. The van der Waals surface area contributed by atoms with E-state index >= 15 is 0 Å². The summed E-state index contributed by atoms with van der Waals surface area (Å²) in [7, 11) is 0. The molecule has 0 aromatic rings. The first-order valence-electron chi connectivity index (χ1n) is 6.05. The molecule has 0 aromatic heterocycles. The number of hydrogen-bond acceptors (Lipinski definition) is 1. The van der Waals surface area contributed by atoms with Crippen molar-refractivity contribution in [3.05, 3.63) is 0 Å². The first-order valence-corrected chi connectivity index (χ1v) is 6.05. The Hall–Kier alpha value is -0.480. The fourth-order valence-corrected chi connectivity index (χ4v) is 3.13. The Balaban J connectivity index is 2.84. The Morgan fingerprint density at radius 3 is 1.80 bits per heavy atom. The molecule has 0 saturated heterocycles. The van der Waals surface area contributed by atoms with Gasteiger partial charge in [-0.05, 0) is 37.5 Å². The monoisotopic (exact) mass is 208 g/mol. The normalized spacial score (nSPS) is 28.9. The third-order valence-electron chi connectivity index (χ3n) is 3.68. The van der Waals surface area contributed by atoms with E-state index in [0.29, 0.717) is 11.8 Å². The van der Waals surface area contributed by atoms with Gasteiger partial charge in [0.05, 0.1) is 0 Å². The summed E-state index contributed by atoms with van der Waals surface area (Å²) >= 11 is 0. The van der Waals surface area contributed by atoms with Crippen LogP contribution in [0.2, 0.25) is 0 Å². The van der Waals surface area contributed by atoms with Gasteiger partial charge in [0.15, 0.2) is 0 Å². The molecular weight excluding hydrogens is 184 g/mol. The summed E-state index contributed by atoms with van der Waals surface area (Å²) < 4.78 is 0. The van der Waals surface area contributed by atoms with Crippen LogP contribution < -0.4 is 0 Å². The molecule has 0 amide bonds. The van der Waals surface area contributed by atoms with Gasteiger partial charge in [-0.1, -0.05) is 33.6 Å². The van der Waals surface area contributed by atoms with Crippen molar-refractivity contribution < 1.29 is 5.11 Å². The van der Waals surface area contributed by atoms with Crippen LogP contribution in [0.1, 0.15) is 53.4 Å². The second-order valence-electron chi connectivity index (χ2n) is 5.98. The Bertz CT molecular complexity index is 249. The van der Waals surface area contributed by atoms with Gasteiger partial charge < -0.3 is 5.11 Å². The van der Waals surface area contributed by atoms with Gasteiger partial charge in [0.1, 0.15) is 5.60 Å². The zero-order valence-corrected chi connectivity index (χ0v) is 10.5. The van der Waals surface area contributed by atoms with E-state index in [9.17, 15) is 5.11 Å². The lowest BCUT2D eigenvalue weighted by atomic mass is 9.51. The standard InChI is InChI=1S/C14H24O/c1-6-14(15)8-7-13(14,9-11(2)3)10-12(4)5/h1,11-12,15H,7-10H2,2-5H3. The molecule has 1 heteroatoms. The maximum Gasteiger partial charge on any atom is 0.130 e. The second kappa shape index (κ2) is 4.18. The van der Waals surface area contributed by atoms with Crippen molar-refractivity contribution >= 4 is 0 Å². The maximum absolute atomic E-state index is 10.4. The SMILES string of the molecule is C#CC1(O)CCC1(CC(C)C)CC(C)C. The summed E-state index contributed by atoms with van der Waals surface area (Å²) in [5.74, 6) is 3.84. The van der Waals surface area contributed by atoms with Gasteiger partial charge in [0.25, 0.3) is 0 Å². The molecule has 0 spiro atoms. The number of hydrogen-bond donors (Lipinski definition) is 1. The molecule has 1 saturated carbocycles. The van der Waals surface area contributed by atoms with Crippen LogP contribution in [0.4, 0.5) is 0 Å². The molecule has 0 aromatic carbocycles. The van der Waals surface area contributed by atoms with E-state index in [1.807, 2.05) is 0 Å². The van der Waals surface area contributed by atoms with E-state index < -0.39 is 5.60 Å². The summed E-state index contributed by atoms with van der Waals surface area (Å²) in [5, 5.41) is 10.4. The summed E-state index contributed by atoms with van der Waals surface area (Å²) in [4.78, 5) is 0. The number of rotatable bonds is 4. The molecule has 0 bridgehead atoms. The summed E-state index contributed by atoms with van der Waals surface area (Å²) in [6, 6.07) is 0. The van der Waals surface area contributed by atoms with Gasteiger partial charge in [-0.15, -0.1) is 6.42 Å². The molecule has 1 aliphatic rings. The minimum absolute atomic E-state index is 0.00984. The van der Waals surface area contributed by atoms with Crippen LogP contribution in [0.25, 0.3) is 0 Å². The Morgan fingerprint density at radius 1 is 1.13 bits per heavy atom. The first kappa shape index (κ1) is 12.6. The van der Waals surface area contributed by atoms with Crippen molar-refractivity contribution in [3.63, 3.8) is 0 Å². The predicted octanol–water partition coefficient (Wildman–Crippen LogP) is 3.22. The number of aliphatic hydroxyl groups is 1. The largest absolute Gasteiger partial charge is 0.377 e. The van der Waals surface area contributed by atoms with Crippen LogP contribution >= 0.6 is 0 Å². The smallest absolute Gasteiger partial charge is 0.130 e. The zero-order chi connectivity index (χ0) is 11.7. The average Bonchev–Trinajstić information content (AvgIpc) is 2.12. The third kappa shape index (κ3) is 2.21. The van der Waals surface area contributed by atoms with Crippen LogP contribution in [0, 0.1) is 29.6 Å². The highest BCUT2D eigenvalue weighted by Crippen LogP contribution is 2.57. The first-order chi connectivity index (χ1) is 6.85. The van der Waals surface area contributed by atoms with Crippen molar-refractivity contribution in [1.82, 2.24) is 0 Å². The highest BCUT2D eigenvalue weighted by molar-refractivity contribution is 5.23. The highest BCUT2D eigenvalue weighted by atomic mass is 16.3. The molecule has 0 heterocycles. The van der Waals surface area contributed by atoms with E-state index in [1.165, 1.54) is 0 Å². The Morgan fingerprint density at radius 2 is 1.60 bits per heavy atom. The van der Waals surface area contributed by atoms with Gasteiger partial charge in [-0.25, -0.2) is 0 Å². The Labute approximate surface area is 94.3 Å². The van der Waals surface area contributed by atoms with Crippen LogP contribution in [-0.2, 0) is 0 Å². The van der Waals surface area contributed by atoms with E-state index in [2.05, 4.69) is 33.6 Å². The van der Waals surface area contributed by atoms with Crippen molar-refractivity contribution in [2.24, 2.45) is 17.3 Å². The van der Waals surface area contributed by atoms with Crippen LogP contribution in [-0.4, -0.2) is 10.7 Å². The molecule has 86 valence electrons. The fourth-order valence-electron chi connectivity index (χ4n) is 3.13. The topological polar surface area (TPSA) is 20.2 Å². The molecule has 1 rings (SSSR count). The lowest BCUT2D eigenvalue weighted by Crippen LogP contribution is -2.57. The number of terminal acetylenes is 1. The average molecular weight is 208 g/mol. The van der Waals surface area contributed by atoms with Gasteiger partial charge in [0, 0.05) is 5.41 Å².